The minimum Gasteiger partial charge on any atom is -0.349 e. The molecule has 0 spiro atoms. The molecule has 0 aliphatic heterocycles. The lowest BCUT2D eigenvalue weighted by molar-refractivity contribution is 0.0951. The first-order valence-corrected chi connectivity index (χ1v) is 9.08. The van der Waals surface area contributed by atoms with E-state index in [0.717, 1.165) is 47.4 Å². The fourth-order valence-corrected chi connectivity index (χ4v) is 3.20. The van der Waals surface area contributed by atoms with Gasteiger partial charge in [0.2, 0.25) is 0 Å². The molecule has 132 valence electrons. The third-order valence-electron chi connectivity index (χ3n) is 4.97. The van der Waals surface area contributed by atoms with Crippen LogP contribution in [0.4, 0.5) is 5.82 Å². The molecule has 26 heavy (non-hydrogen) atoms. The minimum atomic E-state index is 0.0222. The standard InChI is InChI=1S/C19H20N6O/c26-19(23-14-5-6-14)13-3-1-12(2-4-13)10-25(15-7-8-15)18-16-9-22-24-17(16)20-11-21-18/h1-4,9,11,14-15H,5-8,10H2,(H,23,26)(H,20,21,22,24). The lowest BCUT2D eigenvalue weighted by Crippen LogP contribution is -2.27. The van der Waals surface area contributed by atoms with Gasteiger partial charge in [0.15, 0.2) is 5.65 Å². The summed E-state index contributed by atoms with van der Waals surface area (Å²) >= 11 is 0. The minimum absolute atomic E-state index is 0.0222. The molecule has 3 aromatic rings. The van der Waals surface area contributed by atoms with E-state index in [0.29, 0.717) is 12.1 Å². The summed E-state index contributed by atoms with van der Waals surface area (Å²) in [5, 5.41) is 11.0. The van der Waals surface area contributed by atoms with Gasteiger partial charge >= 0.3 is 0 Å². The summed E-state index contributed by atoms with van der Waals surface area (Å²) in [5.41, 5.74) is 2.64. The molecular formula is C19H20N6O. The van der Waals surface area contributed by atoms with Gasteiger partial charge in [-0.1, -0.05) is 12.1 Å². The summed E-state index contributed by atoms with van der Waals surface area (Å²) in [6.45, 7) is 0.756. The maximum absolute atomic E-state index is 12.1. The van der Waals surface area contributed by atoms with Crippen molar-refractivity contribution >= 4 is 22.8 Å². The molecule has 0 saturated heterocycles. The van der Waals surface area contributed by atoms with E-state index in [9.17, 15) is 4.79 Å². The Morgan fingerprint density at radius 1 is 1.15 bits per heavy atom. The van der Waals surface area contributed by atoms with Crippen LogP contribution >= 0.6 is 0 Å². The summed E-state index contributed by atoms with van der Waals surface area (Å²) in [6, 6.07) is 8.76. The van der Waals surface area contributed by atoms with Crippen molar-refractivity contribution in [3.8, 4) is 0 Å². The van der Waals surface area contributed by atoms with E-state index >= 15 is 0 Å². The molecule has 2 aliphatic rings. The number of amides is 1. The van der Waals surface area contributed by atoms with Gasteiger partial charge in [0.05, 0.1) is 11.6 Å². The highest BCUT2D eigenvalue weighted by atomic mass is 16.1. The molecule has 2 saturated carbocycles. The second kappa shape index (κ2) is 6.09. The van der Waals surface area contributed by atoms with E-state index < -0.39 is 0 Å². The maximum Gasteiger partial charge on any atom is 0.251 e. The van der Waals surface area contributed by atoms with Crippen molar-refractivity contribution in [3.63, 3.8) is 0 Å². The fraction of sp³-hybridized carbons (Fsp3) is 0.368. The average Bonchev–Trinajstić information content (AvgIpc) is 3.59. The number of carbonyl (C=O) groups excluding carboxylic acids is 1. The first kappa shape index (κ1) is 15.3. The van der Waals surface area contributed by atoms with Crippen LogP contribution in [0.15, 0.2) is 36.8 Å². The van der Waals surface area contributed by atoms with E-state index in [2.05, 4.69) is 30.4 Å². The van der Waals surface area contributed by atoms with Crippen LogP contribution < -0.4 is 10.2 Å². The summed E-state index contributed by atoms with van der Waals surface area (Å²) in [6.07, 6.45) is 7.90. The van der Waals surface area contributed by atoms with Crippen LogP contribution in [0.5, 0.6) is 0 Å². The number of aromatic amines is 1. The molecule has 2 aromatic heterocycles. The summed E-state index contributed by atoms with van der Waals surface area (Å²) in [7, 11) is 0. The number of nitrogens with one attached hydrogen (secondary N) is 2. The van der Waals surface area contributed by atoms with E-state index in [1.807, 2.05) is 24.3 Å². The van der Waals surface area contributed by atoms with Crippen molar-refractivity contribution in [1.82, 2.24) is 25.5 Å². The van der Waals surface area contributed by atoms with E-state index in [1.54, 1.807) is 12.5 Å². The van der Waals surface area contributed by atoms with Gasteiger partial charge < -0.3 is 10.2 Å². The van der Waals surface area contributed by atoms with Crippen molar-refractivity contribution < 1.29 is 4.79 Å². The highest BCUT2D eigenvalue weighted by Gasteiger charge is 2.31. The average molecular weight is 348 g/mol. The molecule has 1 amide bonds. The normalized spacial score (nSPS) is 16.6. The highest BCUT2D eigenvalue weighted by molar-refractivity contribution is 5.94. The summed E-state index contributed by atoms with van der Waals surface area (Å²) in [5.74, 6) is 0.941. The zero-order valence-corrected chi connectivity index (χ0v) is 14.4. The molecule has 0 radical (unpaired) electrons. The van der Waals surface area contributed by atoms with E-state index in [-0.39, 0.29) is 5.91 Å². The number of H-pyrrole nitrogens is 1. The molecule has 0 unspecified atom stereocenters. The first-order valence-electron chi connectivity index (χ1n) is 9.08. The molecule has 2 fully saturated rings. The number of hydrogen-bond acceptors (Lipinski definition) is 5. The van der Waals surface area contributed by atoms with Crippen molar-refractivity contribution in [3.05, 3.63) is 47.9 Å². The van der Waals surface area contributed by atoms with Crippen molar-refractivity contribution in [2.45, 2.75) is 44.3 Å². The quantitative estimate of drug-likeness (QED) is 0.714. The van der Waals surface area contributed by atoms with Crippen LogP contribution in [0.25, 0.3) is 11.0 Å². The van der Waals surface area contributed by atoms with Crippen LogP contribution in [-0.4, -0.2) is 38.2 Å². The van der Waals surface area contributed by atoms with Crippen LogP contribution in [0.1, 0.15) is 41.6 Å². The predicted octanol–water partition coefficient (Wildman–Crippen LogP) is 2.41. The van der Waals surface area contributed by atoms with Gasteiger partial charge in [-0.2, -0.15) is 5.10 Å². The molecule has 1 aromatic carbocycles. The smallest absolute Gasteiger partial charge is 0.251 e. The summed E-state index contributed by atoms with van der Waals surface area (Å²) in [4.78, 5) is 23.2. The number of rotatable bonds is 6. The monoisotopic (exact) mass is 348 g/mol. The van der Waals surface area contributed by atoms with Gasteiger partial charge in [-0.15, -0.1) is 0 Å². The lowest BCUT2D eigenvalue weighted by atomic mass is 10.1. The number of aromatic nitrogens is 4. The van der Waals surface area contributed by atoms with Crippen molar-refractivity contribution in [2.24, 2.45) is 0 Å². The van der Waals surface area contributed by atoms with Gasteiger partial charge in [0.25, 0.3) is 5.91 Å². The second-order valence-corrected chi connectivity index (χ2v) is 7.13. The zero-order valence-electron chi connectivity index (χ0n) is 14.4. The first-order chi connectivity index (χ1) is 12.8. The Hall–Kier alpha value is -2.96. The third-order valence-corrected chi connectivity index (χ3v) is 4.97. The van der Waals surface area contributed by atoms with Gasteiger partial charge in [-0.25, -0.2) is 9.97 Å². The topological polar surface area (TPSA) is 86.8 Å². The Kier molecular flexibility index (Phi) is 3.58. The van der Waals surface area contributed by atoms with Gasteiger partial charge in [0.1, 0.15) is 12.1 Å². The molecule has 7 nitrogen and oxygen atoms in total. The SMILES string of the molecule is O=C(NC1CC1)c1ccc(CN(c2ncnc3[nH]ncc23)C2CC2)cc1. The Bertz CT molecular complexity index is 942. The zero-order chi connectivity index (χ0) is 17.5. The molecule has 2 N–H and O–H groups in total. The van der Waals surface area contributed by atoms with Crippen LogP contribution in [0.2, 0.25) is 0 Å². The Morgan fingerprint density at radius 3 is 2.69 bits per heavy atom. The van der Waals surface area contributed by atoms with E-state index in [4.69, 9.17) is 0 Å². The number of anilines is 1. The molecule has 2 aliphatic carbocycles. The third kappa shape index (κ3) is 3.00. The number of nitrogens with zero attached hydrogens (tertiary/aromatic N) is 4. The number of benzene rings is 1. The predicted molar refractivity (Wildman–Crippen MR) is 97.8 cm³/mol. The highest BCUT2D eigenvalue weighted by Crippen LogP contribution is 2.34. The molecular weight excluding hydrogens is 328 g/mol. The molecule has 0 bridgehead atoms. The van der Waals surface area contributed by atoms with Crippen molar-refractivity contribution in [2.75, 3.05) is 4.90 Å². The Labute approximate surface area is 150 Å². The van der Waals surface area contributed by atoms with Crippen LogP contribution in [-0.2, 0) is 6.54 Å². The molecule has 0 atom stereocenters. The van der Waals surface area contributed by atoms with Gasteiger partial charge in [0, 0.05) is 24.2 Å². The van der Waals surface area contributed by atoms with Gasteiger partial charge in [-0.05, 0) is 43.4 Å². The van der Waals surface area contributed by atoms with Crippen LogP contribution in [0, 0.1) is 0 Å². The molecule has 2 heterocycles. The number of carbonyl (C=O) groups is 1. The maximum atomic E-state index is 12.1. The van der Waals surface area contributed by atoms with Crippen LogP contribution in [0.3, 0.4) is 0 Å². The van der Waals surface area contributed by atoms with E-state index in [1.165, 1.54) is 12.8 Å². The molecule has 7 heteroatoms. The molecule has 5 rings (SSSR count). The number of fused-ring (bicyclic) bond motifs is 1. The van der Waals surface area contributed by atoms with Gasteiger partial charge in [-0.3, -0.25) is 9.89 Å². The van der Waals surface area contributed by atoms with Crippen molar-refractivity contribution in [1.29, 1.82) is 0 Å². The lowest BCUT2D eigenvalue weighted by Gasteiger charge is -2.24. The Balaban J connectivity index is 1.37. The summed E-state index contributed by atoms with van der Waals surface area (Å²) < 4.78 is 0. The second-order valence-electron chi connectivity index (χ2n) is 7.13. The number of hydrogen-bond donors (Lipinski definition) is 2. The fourth-order valence-electron chi connectivity index (χ4n) is 3.20. The Morgan fingerprint density at radius 2 is 1.96 bits per heavy atom. The largest absolute Gasteiger partial charge is 0.349 e.